The highest BCUT2D eigenvalue weighted by molar-refractivity contribution is 6.33. The monoisotopic (exact) mass is 282 g/mol. The zero-order valence-electron chi connectivity index (χ0n) is 9.66. The molecule has 2 aromatic rings. The zero-order valence-corrected chi connectivity index (χ0v) is 10.4. The quantitative estimate of drug-likeness (QED) is 0.926. The Morgan fingerprint density at radius 1 is 1.11 bits per heavy atom. The van der Waals surface area contributed by atoms with Gasteiger partial charge in [0, 0.05) is 11.1 Å². The van der Waals surface area contributed by atoms with Crippen LogP contribution in [0.4, 0.5) is 8.78 Å². The Morgan fingerprint density at radius 2 is 1.79 bits per heavy atom. The van der Waals surface area contributed by atoms with E-state index in [0.717, 1.165) is 12.1 Å². The Balaban J connectivity index is 2.43. The molecule has 0 radical (unpaired) electrons. The fourth-order valence-corrected chi connectivity index (χ4v) is 2.04. The molecule has 5 heteroatoms. The molecule has 0 aliphatic carbocycles. The van der Waals surface area contributed by atoms with Crippen LogP contribution >= 0.6 is 11.6 Å². The van der Waals surface area contributed by atoms with Crippen molar-refractivity contribution in [2.75, 3.05) is 0 Å². The van der Waals surface area contributed by atoms with Gasteiger partial charge in [0.05, 0.1) is 11.4 Å². The minimum Gasteiger partial charge on any atom is -0.481 e. The number of benzene rings is 2. The van der Waals surface area contributed by atoms with E-state index in [0.29, 0.717) is 11.1 Å². The van der Waals surface area contributed by atoms with Gasteiger partial charge in [-0.3, -0.25) is 4.79 Å². The first kappa shape index (κ1) is 13.5. The van der Waals surface area contributed by atoms with Crippen LogP contribution < -0.4 is 0 Å². The Labute approximate surface area is 113 Å². The van der Waals surface area contributed by atoms with Crippen molar-refractivity contribution in [1.29, 1.82) is 0 Å². The number of hydrogen-bond donors (Lipinski definition) is 1. The first-order valence-corrected chi connectivity index (χ1v) is 5.81. The lowest BCUT2D eigenvalue weighted by Crippen LogP contribution is -2.00. The third-order valence-corrected chi connectivity index (χ3v) is 2.92. The molecule has 0 amide bonds. The smallest absolute Gasteiger partial charge is 0.307 e. The first-order chi connectivity index (χ1) is 8.97. The van der Waals surface area contributed by atoms with Gasteiger partial charge in [0.15, 0.2) is 0 Å². The maximum Gasteiger partial charge on any atom is 0.307 e. The van der Waals surface area contributed by atoms with E-state index in [2.05, 4.69) is 0 Å². The fraction of sp³-hybridized carbons (Fsp3) is 0.0714. The van der Waals surface area contributed by atoms with E-state index in [9.17, 15) is 13.6 Å². The lowest BCUT2D eigenvalue weighted by molar-refractivity contribution is -0.136. The van der Waals surface area contributed by atoms with Crippen molar-refractivity contribution in [3.63, 3.8) is 0 Å². The van der Waals surface area contributed by atoms with E-state index >= 15 is 0 Å². The van der Waals surface area contributed by atoms with Gasteiger partial charge in [-0.2, -0.15) is 0 Å². The van der Waals surface area contributed by atoms with Gasteiger partial charge >= 0.3 is 5.97 Å². The third kappa shape index (κ3) is 3.09. The van der Waals surface area contributed by atoms with E-state index in [1.54, 1.807) is 0 Å². The molecule has 0 heterocycles. The van der Waals surface area contributed by atoms with Crippen molar-refractivity contribution in [3.05, 3.63) is 58.6 Å². The van der Waals surface area contributed by atoms with E-state index in [4.69, 9.17) is 16.7 Å². The Hall–Kier alpha value is -1.94. The average molecular weight is 283 g/mol. The highest BCUT2D eigenvalue weighted by atomic mass is 35.5. The number of carboxylic acid groups (broad SMARTS) is 1. The second kappa shape index (κ2) is 5.36. The second-order valence-corrected chi connectivity index (χ2v) is 4.42. The highest BCUT2D eigenvalue weighted by Crippen LogP contribution is 2.30. The predicted octanol–water partition coefficient (Wildman–Crippen LogP) is 3.91. The minimum absolute atomic E-state index is 0.102. The van der Waals surface area contributed by atoms with Crippen LogP contribution in [0.25, 0.3) is 11.1 Å². The number of halogens is 3. The lowest BCUT2D eigenvalue weighted by Gasteiger charge is -2.07. The van der Waals surface area contributed by atoms with Crippen LogP contribution in [0.1, 0.15) is 5.56 Å². The summed E-state index contributed by atoms with van der Waals surface area (Å²) in [4.78, 5) is 10.5. The maximum absolute atomic E-state index is 13.9. The van der Waals surface area contributed by atoms with Gasteiger partial charge in [0.2, 0.25) is 0 Å². The molecule has 0 unspecified atom stereocenters. The summed E-state index contributed by atoms with van der Waals surface area (Å²) in [5.74, 6) is -2.13. The van der Waals surface area contributed by atoms with E-state index < -0.39 is 17.6 Å². The van der Waals surface area contributed by atoms with Gasteiger partial charge in [-0.1, -0.05) is 23.7 Å². The number of rotatable bonds is 3. The van der Waals surface area contributed by atoms with Crippen molar-refractivity contribution in [2.24, 2.45) is 0 Å². The number of hydrogen-bond acceptors (Lipinski definition) is 1. The summed E-state index contributed by atoms with van der Waals surface area (Å²) in [6.07, 6.45) is -0.256. The summed E-state index contributed by atoms with van der Waals surface area (Å²) in [7, 11) is 0. The molecule has 0 saturated carbocycles. The second-order valence-electron chi connectivity index (χ2n) is 4.01. The molecule has 0 bridgehead atoms. The van der Waals surface area contributed by atoms with Crippen LogP contribution in [0.2, 0.25) is 5.02 Å². The summed E-state index contributed by atoms with van der Waals surface area (Å²) >= 11 is 5.86. The molecular weight excluding hydrogens is 274 g/mol. The van der Waals surface area contributed by atoms with Gasteiger partial charge in [0.25, 0.3) is 0 Å². The van der Waals surface area contributed by atoms with Crippen molar-refractivity contribution in [2.45, 2.75) is 6.42 Å². The van der Waals surface area contributed by atoms with Crippen molar-refractivity contribution in [3.8, 4) is 11.1 Å². The molecule has 1 N–H and O–H groups in total. The molecule has 2 aromatic carbocycles. The van der Waals surface area contributed by atoms with Crippen LogP contribution in [0.15, 0.2) is 36.4 Å². The van der Waals surface area contributed by atoms with Crippen LogP contribution in [-0.4, -0.2) is 11.1 Å². The lowest BCUT2D eigenvalue weighted by atomic mass is 10.0. The number of carbonyl (C=O) groups is 1. The minimum atomic E-state index is -1.04. The van der Waals surface area contributed by atoms with E-state index in [-0.39, 0.29) is 17.0 Å². The van der Waals surface area contributed by atoms with Crippen molar-refractivity contribution < 1.29 is 18.7 Å². The summed E-state index contributed by atoms with van der Waals surface area (Å²) in [6, 6.07) is 7.75. The molecule has 0 fully saturated rings. The van der Waals surface area contributed by atoms with Crippen molar-refractivity contribution in [1.82, 2.24) is 0 Å². The SMILES string of the molecule is O=C(O)Cc1ccc(-c2ccc(F)cc2Cl)c(F)c1. The molecule has 0 saturated heterocycles. The molecule has 2 nitrogen and oxygen atoms in total. The first-order valence-electron chi connectivity index (χ1n) is 5.43. The summed E-state index contributed by atoms with van der Waals surface area (Å²) in [5.41, 5.74) is 0.925. The summed E-state index contributed by atoms with van der Waals surface area (Å²) in [5, 5.41) is 8.74. The molecule has 98 valence electrons. The number of aliphatic carboxylic acids is 1. The molecular formula is C14H9ClF2O2. The Morgan fingerprint density at radius 3 is 2.37 bits per heavy atom. The Bertz CT molecular complexity index is 641. The van der Waals surface area contributed by atoms with E-state index in [1.165, 1.54) is 24.3 Å². The van der Waals surface area contributed by atoms with E-state index in [1.807, 2.05) is 0 Å². The van der Waals surface area contributed by atoms with Gasteiger partial charge in [-0.15, -0.1) is 0 Å². The topological polar surface area (TPSA) is 37.3 Å². The molecule has 0 spiro atoms. The highest BCUT2D eigenvalue weighted by Gasteiger charge is 2.11. The van der Waals surface area contributed by atoms with Gasteiger partial charge in [-0.05, 0) is 29.8 Å². The van der Waals surface area contributed by atoms with Crippen LogP contribution in [0.3, 0.4) is 0 Å². The van der Waals surface area contributed by atoms with Crippen molar-refractivity contribution >= 4 is 17.6 Å². The maximum atomic E-state index is 13.9. The van der Waals surface area contributed by atoms with Crippen LogP contribution in [-0.2, 0) is 11.2 Å². The number of carboxylic acids is 1. The molecule has 2 rings (SSSR count). The molecule has 19 heavy (non-hydrogen) atoms. The molecule has 0 aliphatic heterocycles. The fourth-order valence-electron chi connectivity index (χ4n) is 1.77. The van der Waals surface area contributed by atoms with Crippen LogP contribution in [0.5, 0.6) is 0 Å². The van der Waals surface area contributed by atoms with Crippen LogP contribution in [0, 0.1) is 11.6 Å². The van der Waals surface area contributed by atoms with Gasteiger partial charge in [-0.25, -0.2) is 8.78 Å². The average Bonchev–Trinajstić information content (AvgIpc) is 2.30. The normalized spacial score (nSPS) is 10.5. The predicted molar refractivity (Wildman–Crippen MR) is 68.1 cm³/mol. The summed E-state index contributed by atoms with van der Waals surface area (Å²) in [6.45, 7) is 0. The molecule has 0 aromatic heterocycles. The molecule has 0 atom stereocenters. The van der Waals surface area contributed by atoms with Gasteiger partial charge in [0.1, 0.15) is 11.6 Å². The summed E-state index contributed by atoms with van der Waals surface area (Å²) < 4.78 is 26.8. The third-order valence-electron chi connectivity index (χ3n) is 2.61. The largest absolute Gasteiger partial charge is 0.481 e. The zero-order chi connectivity index (χ0) is 14.0. The molecule has 0 aliphatic rings. The standard InChI is InChI=1S/C14H9ClF2O2/c15-12-7-9(16)2-4-10(12)11-3-1-8(5-13(11)17)6-14(18)19/h1-5,7H,6H2,(H,18,19). The Kier molecular flexibility index (Phi) is 3.81. The van der Waals surface area contributed by atoms with Gasteiger partial charge < -0.3 is 5.11 Å².